The van der Waals surface area contributed by atoms with E-state index in [2.05, 4.69) is 15.9 Å². The van der Waals surface area contributed by atoms with Crippen LogP contribution in [0.25, 0.3) is 0 Å². The molecule has 0 amide bonds. The van der Waals surface area contributed by atoms with Crippen LogP contribution in [0.3, 0.4) is 0 Å². The second-order valence-corrected chi connectivity index (χ2v) is 7.32. The minimum Gasteiger partial charge on any atom is -0.399 e. The van der Waals surface area contributed by atoms with Crippen LogP contribution in [0, 0.1) is 0 Å². The van der Waals surface area contributed by atoms with Crippen molar-refractivity contribution >= 4 is 31.6 Å². The normalized spacial score (nSPS) is 11.8. The number of rotatable bonds is 4. The predicted molar refractivity (Wildman–Crippen MR) is 83.6 cm³/mol. The standard InChI is InChI=1S/C14H15BrN2O2S/c1-17(10-11-5-2-3-8-14(11)15)20(18,19)13-7-4-6-12(16)9-13/h2-9H,10,16H2,1H3. The van der Waals surface area contributed by atoms with Gasteiger partial charge in [0.05, 0.1) is 4.90 Å². The molecule has 20 heavy (non-hydrogen) atoms. The number of anilines is 1. The Morgan fingerprint density at radius 2 is 1.85 bits per heavy atom. The van der Waals surface area contributed by atoms with Crippen LogP contribution in [0.4, 0.5) is 5.69 Å². The van der Waals surface area contributed by atoms with E-state index in [-0.39, 0.29) is 4.90 Å². The number of nitrogen functional groups attached to an aromatic ring is 1. The van der Waals surface area contributed by atoms with Crippen molar-refractivity contribution in [2.75, 3.05) is 12.8 Å². The number of benzene rings is 2. The molecule has 2 rings (SSSR count). The Labute approximate surface area is 127 Å². The van der Waals surface area contributed by atoms with Gasteiger partial charge in [0.25, 0.3) is 0 Å². The third-order valence-electron chi connectivity index (χ3n) is 2.92. The summed E-state index contributed by atoms with van der Waals surface area (Å²) in [5, 5.41) is 0. The van der Waals surface area contributed by atoms with E-state index in [0.29, 0.717) is 12.2 Å². The van der Waals surface area contributed by atoms with E-state index >= 15 is 0 Å². The first-order chi connectivity index (χ1) is 9.41. The molecule has 2 aromatic rings. The van der Waals surface area contributed by atoms with Crippen molar-refractivity contribution in [3.63, 3.8) is 0 Å². The molecule has 2 aromatic carbocycles. The molecule has 4 nitrogen and oxygen atoms in total. The van der Waals surface area contributed by atoms with Gasteiger partial charge in [-0.15, -0.1) is 0 Å². The Morgan fingerprint density at radius 1 is 1.15 bits per heavy atom. The molecule has 106 valence electrons. The average Bonchev–Trinajstić information content (AvgIpc) is 2.41. The highest BCUT2D eigenvalue weighted by molar-refractivity contribution is 9.10. The first kappa shape index (κ1) is 15.0. The van der Waals surface area contributed by atoms with Crippen molar-refractivity contribution in [1.82, 2.24) is 4.31 Å². The predicted octanol–water partition coefficient (Wildman–Crippen LogP) is 2.85. The summed E-state index contributed by atoms with van der Waals surface area (Å²) in [4.78, 5) is 0.201. The fourth-order valence-corrected chi connectivity index (χ4v) is 3.42. The highest BCUT2D eigenvalue weighted by Crippen LogP contribution is 2.22. The van der Waals surface area contributed by atoms with Crippen molar-refractivity contribution in [1.29, 1.82) is 0 Å². The molecule has 0 aromatic heterocycles. The van der Waals surface area contributed by atoms with Crippen molar-refractivity contribution in [2.45, 2.75) is 11.4 Å². The van der Waals surface area contributed by atoms with Crippen LogP contribution in [-0.4, -0.2) is 19.8 Å². The monoisotopic (exact) mass is 354 g/mol. The largest absolute Gasteiger partial charge is 0.399 e. The summed E-state index contributed by atoms with van der Waals surface area (Å²) in [6, 6.07) is 13.8. The van der Waals surface area contributed by atoms with Gasteiger partial charge in [-0.2, -0.15) is 4.31 Å². The molecular weight excluding hydrogens is 340 g/mol. The molecule has 0 fully saturated rings. The zero-order valence-corrected chi connectivity index (χ0v) is 13.4. The van der Waals surface area contributed by atoms with Crippen LogP contribution in [0.1, 0.15) is 5.56 Å². The van der Waals surface area contributed by atoms with Gasteiger partial charge in [0, 0.05) is 23.8 Å². The fraction of sp³-hybridized carbons (Fsp3) is 0.143. The van der Waals surface area contributed by atoms with E-state index in [1.807, 2.05) is 24.3 Å². The van der Waals surface area contributed by atoms with Gasteiger partial charge in [-0.1, -0.05) is 40.2 Å². The summed E-state index contributed by atoms with van der Waals surface area (Å²) < 4.78 is 27.1. The molecule has 0 atom stereocenters. The SMILES string of the molecule is CN(Cc1ccccc1Br)S(=O)(=O)c1cccc(N)c1. The lowest BCUT2D eigenvalue weighted by molar-refractivity contribution is 0.466. The molecular formula is C14H15BrN2O2S. The molecule has 0 aliphatic heterocycles. The number of sulfonamides is 1. The van der Waals surface area contributed by atoms with E-state index < -0.39 is 10.0 Å². The Bertz CT molecular complexity index is 717. The molecule has 0 heterocycles. The van der Waals surface area contributed by atoms with E-state index in [1.54, 1.807) is 25.2 Å². The second kappa shape index (κ2) is 5.95. The smallest absolute Gasteiger partial charge is 0.243 e. The molecule has 6 heteroatoms. The third-order valence-corrected chi connectivity index (χ3v) is 5.49. The van der Waals surface area contributed by atoms with Crippen LogP contribution in [0.5, 0.6) is 0 Å². The van der Waals surface area contributed by atoms with Gasteiger partial charge in [-0.25, -0.2) is 8.42 Å². The Balaban J connectivity index is 2.29. The minimum absolute atomic E-state index is 0.201. The first-order valence-electron chi connectivity index (χ1n) is 5.96. The van der Waals surface area contributed by atoms with Gasteiger partial charge in [0.15, 0.2) is 0 Å². The average molecular weight is 355 g/mol. The van der Waals surface area contributed by atoms with E-state index in [9.17, 15) is 8.42 Å². The Hall–Kier alpha value is -1.37. The van der Waals surface area contributed by atoms with Crippen molar-refractivity contribution < 1.29 is 8.42 Å². The zero-order valence-electron chi connectivity index (χ0n) is 11.0. The minimum atomic E-state index is -3.54. The number of nitrogens with two attached hydrogens (primary N) is 1. The maximum Gasteiger partial charge on any atom is 0.243 e. The van der Waals surface area contributed by atoms with Gasteiger partial charge >= 0.3 is 0 Å². The quantitative estimate of drug-likeness (QED) is 0.858. The van der Waals surface area contributed by atoms with Gasteiger partial charge in [-0.05, 0) is 29.8 Å². The molecule has 2 N–H and O–H groups in total. The maximum absolute atomic E-state index is 12.5. The van der Waals surface area contributed by atoms with E-state index in [4.69, 9.17) is 5.73 Å². The first-order valence-corrected chi connectivity index (χ1v) is 8.20. The molecule has 0 bridgehead atoms. The molecule has 0 unspecified atom stereocenters. The van der Waals surface area contributed by atoms with E-state index in [1.165, 1.54) is 10.4 Å². The van der Waals surface area contributed by atoms with Crippen molar-refractivity contribution in [2.24, 2.45) is 0 Å². The topological polar surface area (TPSA) is 63.4 Å². The highest BCUT2D eigenvalue weighted by Gasteiger charge is 2.21. The lowest BCUT2D eigenvalue weighted by atomic mass is 10.2. The molecule has 0 spiro atoms. The van der Waals surface area contributed by atoms with Crippen LogP contribution < -0.4 is 5.73 Å². The third kappa shape index (κ3) is 3.20. The number of halogens is 1. The van der Waals surface area contributed by atoms with Crippen LogP contribution in [0.2, 0.25) is 0 Å². The summed E-state index contributed by atoms with van der Waals surface area (Å²) in [6.07, 6.45) is 0. The van der Waals surface area contributed by atoms with Gasteiger partial charge in [0.1, 0.15) is 0 Å². The number of hydrogen-bond acceptors (Lipinski definition) is 3. The highest BCUT2D eigenvalue weighted by atomic mass is 79.9. The second-order valence-electron chi connectivity index (χ2n) is 4.42. The Kier molecular flexibility index (Phi) is 4.47. The van der Waals surface area contributed by atoms with Crippen LogP contribution >= 0.6 is 15.9 Å². The molecule has 0 radical (unpaired) electrons. The number of hydrogen-bond donors (Lipinski definition) is 1. The number of nitrogens with zero attached hydrogens (tertiary/aromatic N) is 1. The van der Waals surface area contributed by atoms with Gasteiger partial charge in [0.2, 0.25) is 10.0 Å². The summed E-state index contributed by atoms with van der Waals surface area (Å²) in [7, 11) is -1.99. The van der Waals surface area contributed by atoms with Crippen molar-refractivity contribution in [3.05, 3.63) is 58.6 Å². The summed E-state index contributed by atoms with van der Waals surface area (Å²) in [5.41, 5.74) is 6.98. The summed E-state index contributed by atoms with van der Waals surface area (Å²) in [6.45, 7) is 0.290. The summed E-state index contributed by atoms with van der Waals surface area (Å²) >= 11 is 3.42. The lowest BCUT2D eigenvalue weighted by Crippen LogP contribution is -2.26. The van der Waals surface area contributed by atoms with E-state index in [0.717, 1.165) is 10.0 Å². The fourth-order valence-electron chi connectivity index (χ4n) is 1.81. The molecule has 0 aliphatic rings. The van der Waals surface area contributed by atoms with Gasteiger partial charge in [-0.3, -0.25) is 0 Å². The Morgan fingerprint density at radius 3 is 2.50 bits per heavy atom. The summed E-state index contributed by atoms with van der Waals surface area (Å²) in [5.74, 6) is 0. The molecule has 0 aliphatic carbocycles. The molecule has 0 saturated carbocycles. The van der Waals surface area contributed by atoms with Crippen molar-refractivity contribution in [3.8, 4) is 0 Å². The lowest BCUT2D eigenvalue weighted by Gasteiger charge is -2.18. The maximum atomic E-state index is 12.5. The van der Waals surface area contributed by atoms with Crippen LogP contribution in [0.15, 0.2) is 57.9 Å². The van der Waals surface area contributed by atoms with Crippen LogP contribution in [-0.2, 0) is 16.6 Å². The zero-order chi connectivity index (χ0) is 14.8. The van der Waals surface area contributed by atoms with Gasteiger partial charge < -0.3 is 5.73 Å². The molecule has 0 saturated heterocycles.